The van der Waals surface area contributed by atoms with Gasteiger partial charge < -0.3 is 10.7 Å². The second kappa shape index (κ2) is 4.78. The lowest BCUT2D eigenvalue weighted by molar-refractivity contribution is -0.137. The molecule has 0 saturated carbocycles. The number of alkyl halides is 3. The standard InChI is InChI=1S/C12H12F3N3O2/c1-6(16)5-18-10(19)8-3-2-7(12(13,14)15)4-9(8)17-11(18)20/h2-4,6H,5,16H2,1H3,(H,17,20). The molecule has 3 N–H and O–H groups in total. The van der Waals surface area contributed by atoms with E-state index in [0.29, 0.717) is 0 Å². The molecule has 0 bridgehead atoms. The predicted molar refractivity (Wildman–Crippen MR) is 67.5 cm³/mol. The molecule has 0 radical (unpaired) electrons. The first kappa shape index (κ1) is 14.3. The topological polar surface area (TPSA) is 80.9 Å². The molecule has 2 rings (SSSR count). The maximum Gasteiger partial charge on any atom is 0.416 e. The van der Waals surface area contributed by atoms with Crippen molar-refractivity contribution >= 4 is 10.9 Å². The highest BCUT2D eigenvalue weighted by Crippen LogP contribution is 2.30. The summed E-state index contributed by atoms with van der Waals surface area (Å²) in [4.78, 5) is 26.0. The zero-order valence-electron chi connectivity index (χ0n) is 10.5. The largest absolute Gasteiger partial charge is 0.416 e. The summed E-state index contributed by atoms with van der Waals surface area (Å²) >= 11 is 0. The first-order valence-electron chi connectivity index (χ1n) is 5.80. The fourth-order valence-electron chi connectivity index (χ4n) is 1.88. The van der Waals surface area contributed by atoms with Gasteiger partial charge in [-0.05, 0) is 25.1 Å². The van der Waals surface area contributed by atoms with Gasteiger partial charge in [0.25, 0.3) is 5.56 Å². The minimum absolute atomic E-state index is 0.00880. The van der Waals surface area contributed by atoms with Gasteiger partial charge in [0.15, 0.2) is 0 Å². The van der Waals surface area contributed by atoms with Gasteiger partial charge in [0.2, 0.25) is 0 Å². The Hall–Kier alpha value is -2.09. The molecular weight excluding hydrogens is 275 g/mol. The Bertz CT molecular complexity index is 759. The maximum atomic E-state index is 12.6. The van der Waals surface area contributed by atoms with E-state index in [4.69, 9.17) is 5.73 Å². The highest BCUT2D eigenvalue weighted by molar-refractivity contribution is 5.78. The van der Waals surface area contributed by atoms with Crippen molar-refractivity contribution in [2.24, 2.45) is 5.73 Å². The number of hydrogen-bond acceptors (Lipinski definition) is 3. The fraction of sp³-hybridized carbons (Fsp3) is 0.333. The van der Waals surface area contributed by atoms with E-state index in [9.17, 15) is 22.8 Å². The number of benzene rings is 1. The van der Waals surface area contributed by atoms with Crippen LogP contribution in [-0.2, 0) is 12.7 Å². The minimum Gasteiger partial charge on any atom is -0.326 e. The SMILES string of the molecule is CC(N)Cn1c(=O)[nH]c2cc(C(F)(F)F)ccc2c1=O. The van der Waals surface area contributed by atoms with Crippen LogP contribution >= 0.6 is 0 Å². The quantitative estimate of drug-likeness (QED) is 0.866. The predicted octanol–water partition coefficient (Wildman–Crippen LogP) is 1.06. The molecule has 0 aliphatic heterocycles. The number of nitrogens with zero attached hydrogens (tertiary/aromatic N) is 1. The van der Waals surface area contributed by atoms with E-state index in [1.165, 1.54) is 0 Å². The Balaban J connectivity index is 2.71. The number of fused-ring (bicyclic) bond motifs is 1. The van der Waals surface area contributed by atoms with Crippen molar-refractivity contribution in [3.63, 3.8) is 0 Å². The van der Waals surface area contributed by atoms with Crippen LogP contribution < -0.4 is 17.0 Å². The summed E-state index contributed by atoms with van der Waals surface area (Å²) in [6, 6.07) is 2.17. The molecule has 8 heteroatoms. The second-order valence-corrected chi connectivity index (χ2v) is 4.58. The summed E-state index contributed by atoms with van der Waals surface area (Å²) in [6.45, 7) is 1.61. The molecule has 0 aliphatic rings. The van der Waals surface area contributed by atoms with Crippen LogP contribution in [0.5, 0.6) is 0 Å². The molecule has 2 aromatic rings. The maximum absolute atomic E-state index is 12.6. The molecule has 1 unspecified atom stereocenters. The minimum atomic E-state index is -4.54. The average molecular weight is 287 g/mol. The monoisotopic (exact) mass is 287 g/mol. The normalized spacial score (nSPS) is 13.7. The summed E-state index contributed by atoms with van der Waals surface area (Å²) in [5.41, 5.74) is 3.02. The van der Waals surface area contributed by atoms with Gasteiger partial charge in [0, 0.05) is 12.6 Å². The number of aromatic amines is 1. The van der Waals surface area contributed by atoms with Gasteiger partial charge in [-0.1, -0.05) is 0 Å². The van der Waals surface area contributed by atoms with Crippen LogP contribution in [0, 0.1) is 0 Å². The third kappa shape index (κ3) is 2.60. The Morgan fingerprint density at radius 3 is 2.55 bits per heavy atom. The van der Waals surface area contributed by atoms with Gasteiger partial charge in [-0.2, -0.15) is 13.2 Å². The van der Waals surface area contributed by atoms with E-state index in [1.54, 1.807) is 6.92 Å². The molecule has 0 spiro atoms. The molecule has 20 heavy (non-hydrogen) atoms. The highest BCUT2D eigenvalue weighted by atomic mass is 19.4. The lowest BCUT2D eigenvalue weighted by atomic mass is 10.1. The number of nitrogens with two attached hydrogens (primary N) is 1. The van der Waals surface area contributed by atoms with Crippen LogP contribution in [0.15, 0.2) is 27.8 Å². The van der Waals surface area contributed by atoms with Crippen LogP contribution in [0.3, 0.4) is 0 Å². The summed E-state index contributed by atoms with van der Waals surface area (Å²) in [6.07, 6.45) is -4.54. The molecule has 108 valence electrons. The van der Waals surface area contributed by atoms with Gasteiger partial charge in [-0.3, -0.25) is 9.36 Å². The molecule has 1 aromatic carbocycles. The van der Waals surface area contributed by atoms with Crippen LogP contribution in [0.2, 0.25) is 0 Å². The Kier molecular flexibility index (Phi) is 3.43. The van der Waals surface area contributed by atoms with Crippen LogP contribution in [-0.4, -0.2) is 15.6 Å². The van der Waals surface area contributed by atoms with E-state index in [-0.39, 0.29) is 17.4 Å². The number of nitrogens with one attached hydrogen (secondary N) is 1. The molecule has 1 atom stereocenters. The molecule has 0 saturated heterocycles. The lowest BCUT2D eigenvalue weighted by Crippen LogP contribution is -2.39. The molecule has 1 heterocycles. The highest BCUT2D eigenvalue weighted by Gasteiger charge is 2.30. The van der Waals surface area contributed by atoms with E-state index >= 15 is 0 Å². The van der Waals surface area contributed by atoms with Crippen LogP contribution in [0.1, 0.15) is 12.5 Å². The van der Waals surface area contributed by atoms with Gasteiger partial charge in [0.05, 0.1) is 16.5 Å². The van der Waals surface area contributed by atoms with E-state index < -0.39 is 29.0 Å². The van der Waals surface area contributed by atoms with Crippen molar-refractivity contribution in [3.05, 3.63) is 44.6 Å². The van der Waals surface area contributed by atoms with Crippen molar-refractivity contribution < 1.29 is 13.2 Å². The number of hydrogen-bond donors (Lipinski definition) is 2. The van der Waals surface area contributed by atoms with Crippen molar-refractivity contribution in [1.82, 2.24) is 9.55 Å². The van der Waals surface area contributed by atoms with E-state index in [0.717, 1.165) is 22.8 Å². The molecule has 0 aliphatic carbocycles. The number of rotatable bonds is 2. The molecular formula is C12H12F3N3O2. The lowest BCUT2D eigenvalue weighted by Gasteiger charge is -2.10. The first-order valence-corrected chi connectivity index (χ1v) is 5.80. The molecule has 0 amide bonds. The molecule has 1 aromatic heterocycles. The smallest absolute Gasteiger partial charge is 0.326 e. The van der Waals surface area contributed by atoms with Crippen molar-refractivity contribution in [2.45, 2.75) is 25.7 Å². The van der Waals surface area contributed by atoms with Gasteiger partial charge in [-0.15, -0.1) is 0 Å². The van der Waals surface area contributed by atoms with E-state index in [2.05, 4.69) is 4.98 Å². The number of aromatic nitrogens is 2. The van der Waals surface area contributed by atoms with Gasteiger partial charge in [-0.25, -0.2) is 4.79 Å². The number of H-pyrrole nitrogens is 1. The summed E-state index contributed by atoms with van der Waals surface area (Å²) in [7, 11) is 0. The zero-order chi connectivity index (χ0) is 15.1. The average Bonchev–Trinajstić information content (AvgIpc) is 2.32. The second-order valence-electron chi connectivity index (χ2n) is 4.58. The van der Waals surface area contributed by atoms with Gasteiger partial charge in [0.1, 0.15) is 0 Å². The van der Waals surface area contributed by atoms with E-state index in [1.807, 2.05) is 0 Å². The van der Waals surface area contributed by atoms with Crippen molar-refractivity contribution in [2.75, 3.05) is 0 Å². The molecule has 0 fully saturated rings. The summed E-state index contributed by atoms with van der Waals surface area (Å²) in [5, 5.41) is 0.0123. The van der Waals surface area contributed by atoms with Crippen molar-refractivity contribution in [1.29, 1.82) is 0 Å². The third-order valence-corrected chi connectivity index (χ3v) is 2.78. The zero-order valence-corrected chi connectivity index (χ0v) is 10.5. The van der Waals surface area contributed by atoms with Crippen LogP contribution in [0.25, 0.3) is 10.9 Å². The Morgan fingerprint density at radius 1 is 1.35 bits per heavy atom. The van der Waals surface area contributed by atoms with Crippen molar-refractivity contribution in [3.8, 4) is 0 Å². The fourth-order valence-corrected chi connectivity index (χ4v) is 1.88. The third-order valence-electron chi connectivity index (χ3n) is 2.78. The first-order chi connectivity index (χ1) is 9.20. The Labute approximate surface area is 110 Å². The number of halogens is 3. The summed E-state index contributed by atoms with van der Waals surface area (Å²) < 4.78 is 38.6. The Morgan fingerprint density at radius 2 is 2.00 bits per heavy atom. The summed E-state index contributed by atoms with van der Waals surface area (Å²) in [5.74, 6) is 0. The van der Waals surface area contributed by atoms with Crippen LogP contribution in [0.4, 0.5) is 13.2 Å². The van der Waals surface area contributed by atoms with Gasteiger partial charge >= 0.3 is 11.9 Å². The molecule has 5 nitrogen and oxygen atoms in total.